The minimum Gasteiger partial charge on any atom is -0.355 e. The molecule has 0 aromatic carbocycles. The highest BCUT2D eigenvalue weighted by molar-refractivity contribution is 5.80. The van der Waals surface area contributed by atoms with Gasteiger partial charge in [-0.2, -0.15) is 0 Å². The van der Waals surface area contributed by atoms with Crippen molar-refractivity contribution in [3.8, 4) is 0 Å². The Morgan fingerprint density at radius 3 is 2.74 bits per heavy atom. The number of amides is 1. The van der Waals surface area contributed by atoms with Crippen LogP contribution in [-0.2, 0) is 4.79 Å². The number of nitrogens with zero attached hydrogens (tertiary/aromatic N) is 2. The van der Waals surface area contributed by atoms with E-state index in [2.05, 4.69) is 10.3 Å². The lowest BCUT2D eigenvalue weighted by atomic mass is 10.3. The fraction of sp³-hybridized carbons (Fsp3) is 0.455. The molecule has 0 bridgehead atoms. The van der Waals surface area contributed by atoms with Crippen molar-refractivity contribution in [1.82, 2.24) is 10.3 Å². The average Bonchev–Trinajstić information content (AvgIpc) is 2.36. The first-order valence-electron chi connectivity index (χ1n) is 5.80. The maximum Gasteiger partial charge on any atom is 0.239 e. The van der Waals surface area contributed by atoms with Crippen LogP contribution in [0.4, 0.5) is 20.4 Å². The molecule has 0 aliphatic rings. The van der Waals surface area contributed by atoms with Crippen molar-refractivity contribution in [2.75, 3.05) is 30.5 Å². The van der Waals surface area contributed by atoms with Crippen LogP contribution in [0.2, 0.25) is 0 Å². The molecule has 19 heavy (non-hydrogen) atoms. The first kappa shape index (κ1) is 15.1. The summed E-state index contributed by atoms with van der Waals surface area (Å²) in [5.74, 6) is 2.61. The first-order chi connectivity index (χ1) is 8.99. The van der Waals surface area contributed by atoms with Gasteiger partial charge in [0.2, 0.25) is 5.91 Å². The lowest BCUT2D eigenvalue weighted by Gasteiger charge is -2.19. The molecule has 106 valence electrons. The molecule has 1 rings (SSSR count). The van der Waals surface area contributed by atoms with Gasteiger partial charge in [-0.1, -0.05) is 6.92 Å². The Morgan fingerprint density at radius 1 is 1.47 bits per heavy atom. The number of aromatic nitrogens is 1. The summed E-state index contributed by atoms with van der Waals surface area (Å²) in [6, 6.07) is 0.665. The van der Waals surface area contributed by atoms with E-state index in [-0.39, 0.29) is 24.1 Å². The number of hydrogen-bond donors (Lipinski definition) is 3. The number of halogens is 2. The maximum absolute atomic E-state index is 13.6. The van der Waals surface area contributed by atoms with E-state index in [9.17, 15) is 13.6 Å². The summed E-state index contributed by atoms with van der Waals surface area (Å²) >= 11 is 0. The fourth-order valence-corrected chi connectivity index (χ4v) is 1.44. The Bertz CT molecular complexity index is 455. The minimum atomic E-state index is -0.896. The highest BCUT2D eigenvalue weighted by Crippen LogP contribution is 2.20. The van der Waals surface area contributed by atoms with Crippen molar-refractivity contribution in [2.24, 2.45) is 5.84 Å². The number of likely N-dealkylation sites (N-methyl/N-ethyl adjacent to an activating group) is 1. The van der Waals surface area contributed by atoms with Crippen LogP contribution in [0.3, 0.4) is 0 Å². The van der Waals surface area contributed by atoms with Crippen molar-refractivity contribution < 1.29 is 13.6 Å². The molecule has 1 aromatic rings. The topological polar surface area (TPSA) is 83.3 Å². The zero-order chi connectivity index (χ0) is 14.4. The number of nitrogens with one attached hydrogen (secondary N) is 2. The van der Waals surface area contributed by atoms with Crippen LogP contribution in [0.15, 0.2) is 6.07 Å². The molecule has 8 heteroatoms. The molecule has 1 aromatic heterocycles. The van der Waals surface area contributed by atoms with Crippen molar-refractivity contribution in [3.05, 3.63) is 17.7 Å². The number of rotatable bonds is 6. The molecule has 4 N–H and O–H groups in total. The molecule has 0 saturated heterocycles. The first-order valence-corrected chi connectivity index (χ1v) is 5.80. The van der Waals surface area contributed by atoms with Gasteiger partial charge in [-0.25, -0.2) is 19.6 Å². The fourth-order valence-electron chi connectivity index (χ4n) is 1.44. The van der Waals surface area contributed by atoms with Crippen LogP contribution in [-0.4, -0.2) is 31.0 Å². The zero-order valence-electron chi connectivity index (χ0n) is 10.8. The summed E-state index contributed by atoms with van der Waals surface area (Å²) in [6.07, 6.45) is 0.805. The van der Waals surface area contributed by atoms with Gasteiger partial charge in [0.25, 0.3) is 0 Å². The number of hydrogen-bond acceptors (Lipinski definition) is 5. The monoisotopic (exact) mass is 273 g/mol. The van der Waals surface area contributed by atoms with Crippen LogP contribution in [0.5, 0.6) is 0 Å². The molecule has 0 radical (unpaired) electrons. The molecule has 0 saturated carbocycles. The molecule has 0 spiro atoms. The number of nitrogens with two attached hydrogens (primary N) is 1. The van der Waals surface area contributed by atoms with Crippen LogP contribution >= 0.6 is 0 Å². The summed E-state index contributed by atoms with van der Waals surface area (Å²) in [7, 11) is 1.48. The van der Waals surface area contributed by atoms with Gasteiger partial charge in [-0.3, -0.25) is 4.79 Å². The molecule has 6 nitrogen and oxygen atoms in total. The third-order valence-corrected chi connectivity index (χ3v) is 2.36. The molecule has 1 amide bonds. The highest BCUT2D eigenvalue weighted by atomic mass is 19.1. The van der Waals surface area contributed by atoms with Crippen molar-refractivity contribution >= 4 is 17.5 Å². The standard InChI is InChI=1S/C11H17F2N5O/c1-3-4-15-9(19)6-18(2)11-8(13)5-7(12)10(16-11)17-14/h5H,3-4,6,14H2,1-2H3,(H,15,19)(H,16,17). The lowest BCUT2D eigenvalue weighted by Crippen LogP contribution is -2.36. The van der Waals surface area contributed by atoms with E-state index < -0.39 is 11.6 Å². The quantitative estimate of drug-likeness (QED) is 0.522. The summed E-state index contributed by atoms with van der Waals surface area (Å²) in [4.78, 5) is 16.5. The maximum atomic E-state index is 13.6. The van der Waals surface area contributed by atoms with Gasteiger partial charge in [0, 0.05) is 19.7 Å². The molecule has 1 heterocycles. The van der Waals surface area contributed by atoms with Crippen LogP contribution in [0.1, 0.15) is 13.3 Å². The predicted octanol–water partition coefficient (Wildman–Crippen LogP) is 0.608. The lowest BCUT2D eigenvalue weighted by molar-refractivity contribution is -0.119. The van der Waals surface area contributed by atoms with Gasteiger partial charge in [0.05, 0.1) is 6.54 Å². The van der Waals surface area contributed by atoms with Gasteiger partial charge in [-0.05, 0) is 6.42 Å². The SMILES string of the molecule is CCCNC(=O)CN(C)c1nc(NN)c(F)cc1F. The van der Waals surface area contributed by atoms with Crippen molar-refractivity contribution in [3.63, 3.8) is 0 Å². The van der Waals surface area contributed by atoms with Gasteiger partial charge in [0.1, 0.15) is 0 Å². The molecule has 0 aliphatic carbocycles. The molecule has 0 unspecified atom stereocenters. The highest BCUT2D eigenvalue weighted by Gasteiger charge is 2.16. The van der Waals surface area contributed by atoms with Gasteiger partial charge in [-0.15, -0.1) is 0 Å². The number of carbonyl (C=O) groups excluding carboxylic acids is 1. The van der Waals surface area contributed by atoms with Crippen molar-refractivity contribution in [2.45, 2.75) is 13.3 Å². The third-order valence-electron chi connectivity index (χ3n) is 2.36. The number of carbonyl (C=O) groups is 1. The van der Waals surface area contributed by atoms with E-state index in [0.29, 0.717) is 12.6 Å². The van der Waals surface area contributed by atoms with E-state index in [1.54, 1.807) is 0 Å². The number of anilines is 2. The second-order valence-corrected chi connectivity index (χ2v) is 3.97. The number of nitrogen functional groups attached to an aromatic ring is 1. The Kier molecular flexibility index (Phi) is 5.43. The molecular weight excluding hydrogens is 256 g/mol. The van der Waals surface area contributed by atoms with Gasteiger partial charge in [0.15, 0.2) is 23.3 Å². The molecule has 0 aliphatic heterocycles. The second kappa shape index (κ2) is 6.83. The zero-order valence-corrected chi connectivity index (χ0v) is 10.8. The Balaban J connectivity index is 2.81. The summed E-state index contributed by atoms with van der Waals surface area (Å²) in [6.45, 7) is 2.38. The summed E-state index contributed by atoms with van der Waals surface area (Å²) in [5.41, 5.74) is 2.03. The van der Waals surface area contributed by atoms with E-state index in [1.165, 1.54) is 11.9 Å². The average molecular weight is 273 g/mol. The number of pyridine rings is 1. The van der Waals surface area contributed by atoms with Crippen molar-refractivity contribution in [1.29, 1.82) is 0 Å². The van der Waals surface area contributed by atoms with E-state index in [4.69, 9.17) is 5.84 Å². The third kappa shape index (κ3) is 4.02. The summed E-state index contributed by atoms with van der Waals surface area (Å²) < 4.78 is 26.8. The minimum absolute atomic E-state index is 0.0838. The molecule has 0 fully saturated rings. The Morgan fingerprint density at radius 2 is 2.16 bits per heavy atom. The van der Waals surface area contributed by atoms with Crippen LogP contribution in [0.25, 0.3) is 0 Å². The largest absolute Gasteiger partial charge is 0.355 e. The van der Waals surface area contributed by atoms with Crippen LogP contribution in [0, 0.1) is 11.6 Å². The van der Waals surface area contributed by atoms with E-state index in [0.717, 1.165) is 6.42 Å². The van der Waals surface area contributed by atoms with E-state index in [1.807, 2.05) is 12.3 Å². The van der Waals surface area contributed by atoms with Crippen LogP contribution < -0.4 is 21.5 Å². The molecular formula is C11H17F2N5O. The smallest absolute Gasteiger partial charge is 0.239 e. The van der Waals surface area contributed by atoms with Gasteiger partial charge < -0.3 is 15.6 Å². The second-order valence-electron chi connectivity index (χ2n) is 3.97. The van der Waals surface area contributed by atoms with Gasteiger partial charge >= 0.3 is 0 Å². The normalized spacial score (nSPS) is 10.2. The Hall–Kier alpha value is -1.96. The Labute approximate surface area is 110 Å². The summed E-state index contributed by atoms with van der Waals surface area (Å²) in [5, 5.41) is 2.65. The predicted molar refractivity (Wildman–Crippen MR) is 68.5 cm³/mol. The molecule has 0 atom stereocenters. The number of hydrazine groups is 1. The van der Waals surface area contributed by atoms with E-state index >= 15 is 0 Å².